The van der Waals surface area contributed by atoms with Crippen molar-refractivity contribution in [1.82, 2.24) is 4.90 Å². The quantitative estimate of drug-likeness (QED) is 0.867. The number of ether oxygens (including phenoxy) is 1. The fourth-order valence-corrected chi connectivity index (χ4v) is 3.60. The van der Waals surface area contributed by atoms with Gasteiger partial charge in [-0.2, -0.15) is 0 Å². The summed E-state index contributed by atoms with van der Waals surface area (Å²) < 4.78 is 5.32. The Morgan fingerprint density at radius 2 is 1.77 bits per heavy atom. The molecule has 136 valence electrons. The van der Waals surface area contributed by atoms with Crippen LogP contribution in [0.3, 0.4) is 0 Å². The van der Waals surface area contributed by atoms with Crippen LogP contribution in [0.4, 0.5) is 0 Å². The molecule has 0 spiro atoms. The molecule has 1 saturated heterocycles. The molecule has 1 fully saturated rings. The number of likely N-dealkylation sites (tertiary alicyclic amines) is 1. The highest BCUT2D eigenvalue weighted by atomic mass is 16.5. The van der Waals surface area contributed by atoms with Gasteiger partial charge in [0, 0.05) is 25.4 Å². The summed E-state index contributed by atoms with van der Waals surface area (Å²) in [7, 11) is 1.61. The molecular formula is C21H23NO4. The molecule has 0 aliphatic carbocycles. The number of carbonyl (C=O) groups excluding carboxylic acids is 1. The molecule has 26 heavy (non-hydrogen) atoms. The molecular weight excluding hydrogens is 330 g/mol. The number of carbonyl (C=O) groups is 2. The van der Waals surface area contributed by atoms with Crippen LogP contribution in [0.5, 0.6) is 5.75 Å². The number of carboxylic acids is 1. The number of aliphatic carboxylic acids is 1. The van der Waals surface area contributed by atoms with Crippen LogP contribution in [-0.2, 0) is 16.0 Å². The van der Waals surface area contributed by atoms with E-state index in [9.17, 15) is 14.7 Å². The second-order valence-electron chi connectivity index (χ2n) is 6.57. The number of hydrogen-bond donors (Lipinski definition) is 1. The molecule has 2 unspecified atom stereocenters. The van der Waals surface area contributed by atoms with Gasteiger partial charge >= 0.3 is 5.97 Å². The predicted octanol–water partition coefficient (Wildman–Crippen LogP) is 2.95. The van der Waals surface area contributed by atoms with Crippen molar-refractivity contribution in [3.8, 4) is 5.75 Å². The first-order valence-electron chi connectivity index (χ1n) is 8.77. The zero-order valence-corrected chi connectivity index (χ0v) is 14.8. The van der Waals surface area contributed by atoms with Crippen molar-refractivity contribution in [3.05, 3.63) is 65.7 Å². The van der Waals surface area contributed by atoms with Crippen LogP contribution >= 0.6 is 0 Å². The van der Waals surface area contributed by atoms with Crippen molar-refractivity contribution in [2.24, 2.45) is 5.92 Å². The van der Waals surface area contributed by atoms with Crippen LogP contribution in [0.25, 0.3) is 0 Å². The Labute approximate surface area is 153 Å². The number of benzene rings is 2. The number of hydrogen-bond acceptors (Lipinski definition) is 3. The minimum absolute atomic E-state index is 0.0133. The Morgan fingerprint density at radius 3 is 2.46 bits per heavy atom. The Hall–Kier alpha value is -2.82. The zero-order valence-electron chi connectivity index (χ0n) is 14.8. The van der Waals surface area contributed by atoms with Gasteiger partial charge in [0.15, 0.2) is 0 Å². The Morgan fingerprint density at radius 1 is 1.08 bits per heavy atom. The number of para-hydroxylation sites is 1. The average molecular weight is 353 g/mol. The molecule has 1 amide bonds. The van der Waals surface area contributed by atoms with Crippen LogP contribution in [0.2, 0.25) is 0 Å². The molecule has 1 N–H and O–H groups in total. The number of nitrogens with zero attached hydrogens (tertiary/aromatic N) is 1. The zero-order chi connectivity index (χ0) is 18.5. The summed E-state index contributed by atoms with van der Waals surface area (Å²) in [5.41, 5.74) is 1.96. The first-order valence-corrected chi connectivity index (χ1v) is 8.77. The molecule has 1 aliphatic rings. The molecule has 3 rings (SSSR count). The molecule has 0 radical (unpaired) electrons. The minimum Gasteiger partial charge on any atom is -0.496 e. The van der Waals surface area contributed by atoms with E-state index in [1.165, 1.54) is 0 Å². The van der Waals surface area contributed by atoms with E-state index in [0.29, 0.717) is 19.4 Å². The van der Waals surface area contributed by atoms with Gasteiger partial charge in [-0.15, -0.1) is 0 Å². The van der Waals surface area contributed by atoms with E-state index >= 15 is 0 Å². The fraction of sp³-hybridized carbons (Fsp3) is 0.333. The van der Waals surface area contributed by atoms with Crippen LogP contribution in [0.1, 0.15) is 23.5 Å². The number of amides is 1. The molecule has 5 heteroatoms. The van der Waals surface area contributed by atoms with Crippen molar-refractivity contribution in [2.45, 2.75) is 18.8 Å². The molecule has 0 bridgehead atoms. The molecule has 1 heterocycles. The van der Waals surface area contributed by atoms with E-state index in [2.05, 4.69) is 0 Å². The summed E-state index contributed by atoms with van der Waals surface area (Å²) in [6, 6.07) is 17.2. The highest BCUT2D eigenvalue weighted by molar-refractivity contribution is 5.80. The van der Waals surface area contributed by atoms with E-state index < -0.39 is 11.9 Å². The second kappa shape index (κ2) is 8.04. The summed E-state index contributed by atoms with van der Waals surface area (Å²) in [4.78, 5) is 26.0. The third-order valence-electron chi connectivity index (χ3n) is 5.02. The van der Waals surface area contributed by atoms with Crippen molar-refractivity contribution in [1.29, 1.82) is 0 Å². The van der Waals surface area contributed by atoms with Gasteiger partial charge in [-0.1, -0.05) is 48.5 Å². The number of aryl methyl sites for hydroxylation is 1. The maximum atomic E-state index is 12.7. The lowest BCUT2D eigenvalue weighted by molar-refractivity contribution is -0.141. The smallest absolute Gasteiger partial charge is 0.308 e. The minimum atomic E-state index is -0.848. The van der Waals surface area contributed by atoms with Gasteiger partial charge in [-0.3, -0.25) is 9.59 Å². The van der Waals surface area contributed by atoms with E-state index in [0.717, 1.165) is 16.9 Å². The van der Waals surface area contributed by atoms with Crippen molar-refractivity contribution in [3.63, 3.8) is 0 Å². The second-order valence-corrected chi connectivity index (χ2v) is 6.57. The van der Waals surface area contributed by atoms with Crippen LogP contribution < -0.4 is 4.74 Å². The Bertz CT molecular complexity index is 775. The topological polar surface area (TPSA) is 66.8 Å². The highest BCUT2D eigenvalue weighted by Gasteiger charge is 2.40. The largest absolute Gasteiger partial charge is 0.496 e. The standard InChI is InChI=1S/C21H23NO4/c1-26-19-10-6-5-9-16(19)11-12-20(23)22-13-17(18(14-22)21(24)25)15-7-3-2-4-8-15/h2-10,17-18H,11-14H2,1H3,(H,24,25). The van der Waals surface area contributed by atoms with E-state index in [1.807, 2.05) is 54.6 Å². The third-order valence-corrected chi connectivity index (χ3v) is 5.02. The summed E-state index contributed by atoms with van der Waals surface area (Å²) in [5.74, 6) is -0.816. The van der Waals surface area contributed by atoms with Crippen molar-refractivity contribution in [2.75, 3.05) is 20.2 Å². The predicted molar refractivity (Wildman–Crippen MR) is 98.2 cm³/mol. The summed E-state index contributed by atoms with van der Waals surface area (Å²) in [6.45, 7) is 0.714. The van der Waals surface area contributed by atoms with Crippen molar-refractivity contribution >= 4 is 11.9 Å². The maximum absolute atomic E-state index is 12.7. The molecule has 5 nitrogen and oxygen atoms in total. The molecule has 1 aliphatic heterocycles. The van der Waals surface area contributed by atoms with Gasteiger partial charge in [0.25, 0.3) is 0 Å². The summed E-state index contributed by atoms with van der Waals surface area (Å²) in [5, 5.41) is 9.57. The maximum Gasteiger partial charge on any atom is 0.308 e. The van der Waals surface area contributed by atoms with Gasteiger partial charge < -0.3 is 14.7 Å². The van der Waals surface area contributed by atoms with Gasteiger partial charge in [0.05, 0.1) is 13.0 Å². The normalized spacial score (nSPS) is 19.3. The lowest BCUT2D eigenvalue weighted by Gasteiger charge is -2.17. The summed E-state index contributed by atoms with van der Waals surface area (Å²) in [6.07, 6.45) is 0.918. The highest BCUT2D eigenvalue weighted by Crippen LogP contribution is 2.33. The fourth-order valence-electron chi connectivity index (χ4n) is 3.60. The van der Waals surface area contributed by atoms with Gasteiger partial charge in [0.2, 0.25) is 5.91 Å². The van der Waals surface area contributed by atoms with Gasteiger partial charge in [-0.25, -0.2) is 0 Å². The number of carboxylic acid groups (broad SMARTS) is 1. The van der Waals surface area contributed by atoms with E-state index in [-0.39, 0.29) is 18.4 Å². The lowest BCUT2D eigenvalue weighted by Crippen LogP contribution is -2.30. The monoisotopic (exact) mass is 353 g/mol. The average Bonchev–Trinajstić information content (AvgIpc) is 3.13. The molecule has 2 aromatic carbocycles. The SMILES string of the molecule is COc1ccccc1CCC(=O)N1CC(C(=O)O)C(c2ccccc2)C1. The molecule has 2 atom stereocenters. The molecule has 0 aromatic heterocycles. The molecule has 2 aromatic rings. The third kappa shape index (κ3) is 3.87. The van der Waals surface area contributed by atoms with Crippen LogP contribution in [0, 0.1) is 5.92 Å². The number of methoxy groups -OCH3 is 1. The first-order chi connectivity index (χ1) is 12.6. The molecule has 0 saturated carbocycles. The van der Waals surface area contributed by atoms with Gasteiger partial charge in [0.1, 0.15) is 5.75 Å². The Kier molecular flexibility index (Phi) is 5.56. The van der Waals surface area contributed by atoms with E-state index in [1.54, 1.807) is 12.0 Å². The number of rotatable bonds is 6. The van der Waals surface area contributed by atoms with Gasteiger partial charge in [-0.05, 0) is 23.6 Å². The Balaban J connectivity index is 1.67. The van der Waals surface area contributed by atoms with Crippen LogP contribution in [-0.4, -0.2) is 42.1 Å². The lowest BCUT2D eigenvalue weighted by atomic mass is 9.89. The van der Waals surface area contributed by atoms with Crippen molar-refractivity contribution < 1.29 is 19.4 Å². The van der Waals surface area contributed by atoms with E-state index in [4.69, 9.17) is 4.74 Å². The summed E-state index contributed by atoms with van der Waals surface area (Å²) >= 11 is 0. The van der Waals surface area contributed by atoms with Crippen LogP contribution in [0.15, 0.2) is 54.6 Å². The first kappa shape index (κ1) is 18.0.